The molecule has 136 valence electrons. The standard InChI is InChI=1S/C18H22ClFN2O3/c1-18(2,3)22-17(23)16(15(19)10-21-22)25-12-14-6-4-13(5-7-14)11-24-9-8-20/h4-7,10H,8-9,11-12H2,1-3H3. The number of rotatable bonds is 7. The predicted molar refractivity (Wildman–Crippen MR) is 94.9 cm³/mol. The quantitative estimate of drug-likeness (QED) is 0.699. The fourth-order valence-electron chi connectivity index (χ4n) is 2.16. The molecule has 0 bridgehead atoms. The van der Waals surface area contributed by atoms with Crippen LogP contribution in [0, 0.1) is 0 Å². The van der Waals surface area contributed by atoms with Crippen molar-refractivity contribution in [2.75, 3.05) is 13.3 Å². The molecule has 0 aliphatic carbocycles. The van der Waals surface area contributed by atoms with Crippen molar-refractivity contribution < 1.29 is 13.9 Å². The van der Waals surface area contributed by atoms with E-state index in [1.54, 1.807) is 0 Å². The van der Waals surface area contributed by atoms with Crippen LogP contribution in [0.2, 0.25) is 5.02 Å². The summed E-state index contributed by atoms with van der Waals surface area (Å²) in [6, 6.07) is 7.48. The number of alkyl halides is 1. The lowest BCUT2D eigenvalue weighted by atomic mass is 10.1. The number of hydrogen-bond acceptors (Lipinski definition) is 4. The second-order valence-electron chi connectivity index (χ2n) is 6.56. The maximum Gasteiger partial charge on any atom is 0.311 e. The van der Waals surface area contributed by atoms with Gasteiger partial charge in [0.05, 0.1) is 24.9 Å². The summed E-state index contributed by atoms with van der Waals surface area (Å²) in [4.78, 5) is 12.5. The fourth-order valence-corrected chi connectivity index (χ4v) is 2.34. The third-order valence-electron chi connectivity index (χ3n) is 3.42. The highest BCUT2D eigenvalue weighted by Gasteiger charge is 2.20. The number of hydrogen-bond donors (Lipinski definition) is 0. The fraction of sp³-hybridized carbons (Fsp3) is 0.444. The van der Waals surface area contributed by atoms with Crippen molar-refractivity contribution in [3.05, 3.63) is 57.0 Å². The van der Waals surface area contributed by atoms with Crippen molar-refractivity contribution in [3.8, 4) is 5.75 Å². The van der Waals surface area contributed by atoms with Crippen LogP contribution in [0.1, 0.15) is 31.9 Å². The minimum Gasteiger partial charge on any atom is -0.482 e. The zero-order valence-electron chi connectivity index (χ0n) is 14.6. The van der Waals surface area contributed by atoms with Crippen molar-refractivity contribution in [3.63, 3.8) is 0 Å². The van der Waals surface area contributed by atoms with Crippen LogP contribution in [0.15, 0.2) is 35.3 Å². The van der Waals surface area contributed by atoms with E-state index in [1.165, 1.54) is 10.9 Å². The molecule has 0 aliphatic rings. The van der Waals surface area contributed by atoms with Crippen molar-refractivity contribution in [2.45, 2.75) is 39.5 Å². The first kappa shape index (κ1) is 19.4. The van der Waals surface area contributed by atoms with Crippen molar-refractivity contribution in [2.24, 2.45) is 0 Å². The van der Waals surface area contributed by atoms with E-state index < -0.39 is 12.2 Å². The minimum atomic E-state index is -0.495. The van der Waals surface area contributed by atoms with Crippen LogP contribution in [0.25, 0.3) is 0 Å². The monoisotopic (exact) mass is 368 g/mol. The molecule has 1 aromatic carbocycles. The number of benzene rings is 1. The molecular formula is C18H22ClFN2O3. The van der Waals surface area contributed by atoms with Crippen LogP contribution in [0.5, 0.6) is 5.75 Å². The Balaban J connectivity index is 2.07. The lowest BCUT2D eigenvalue weighted by Gasteiger charge is -2.21. The average molecular weight is 369 g/mol. The summed E-state index contributed by atoms with van der Waals surface area (Å²) in [7, 11) is 0. The molecule has 0 radical (unpaired) electrons. The number of ether oxygens (including phenoxy) is 2. The Morgan fingerprint density at radius 1 is 1.16 bits per heavy atom. The molecule has 0 saturated heterocycles. The van der Waals surface area contributed by atoms with Crippen LogP contribution in [-0.2, 0) is 23.5 Å². The SMILES string of the molecule is CC(C)(C)n1ncc(Cl)c(OCc2ccc(COCCF)cc2)c1=O. The molecule has 5 nitrogen and oxygen atoms in total. The Labute approximate surface area is 151 Å². The molecule has 0 spiro atoms. The molecule has 0 amide bonds. The maximum atomic E-state index is 12.5. The van der Waals surface area contributed by atoms with E-state index in [2.05, 4.69) is 5.10 Å². The Hall–Kier alpha value is -1.92. The minimum absolute atomic E-state index is 0.0851. The molecule has 0 atom stereocenters. The molecule has 2 aromatic rings. The van der Waals surface area contributed by atoms with E-state index in [0.29, 0.717) is 6.61 Å². The Morgan fingerprint density at radius 3 is 2.32 bits per heavy atom. The average Bonchev–Trinajstić information content (AvgIpc) is 2.55. The molecule has 0 N–H and O–H groups in total. The van der Waals surface area contributed by atoms with E-state index in [9.17, 15) is 9.18 Å². The Morgan fingerprint density at radius 2 is 1.76 bits per heavy atom. The molecule has 7 heteroatoms. The molecular weight excluding hydrogens is 347 g/mol. The van der Waals surface area contributed by atoms with Crippen LogP contribution >= 0.6 is 11.6 Å². The number of nitrogens with zero attached hydrogens (tertiary/aromatic N) is 2. The molecule has 0 fully saturated rings. The van der Waals surface area contributed by atoms with E-state index >= 15 is 0 Å². The van der Waals surface area contributed by atoms with Gasteiger partial charge in [0.15, 0.2) is 0 Å². The van der Waals surface area contributed by atoms with Crippen LogP contribution < -0.4 is 10.3 Å². The second-order valence-corrected chi connectivity index (χ2v) is 6.96. The molecule has 0 unspecified atom stereocenters. The van der Waals surface area contributed by atoms with Crippen LogP contribution in [-0.4, -0.2) is 23.1 Å². The van der Waals surface area contributed by atoms with E-state index in [-0.39, 0.29) is 29.5 Å². The van der Waals surface area contributed by atoms with Gasteiger partial charge in [0.1, 0.15) is 18.3 Å². The van der Waals surface area contributed by atoms with Crippen LogP contribution in [0.4, 0.5) is 4.39 Å². The van der Waals surface area contributed by atoms with Gasteiger partial charge in [-0.15, -0.1) is 0 Å². The first-order chi connectivity index (χ1) is 11.8. The van der Waals surface area contributed by atoms with Gasteiger partial charge in [-0.2, -0.15) is 5.10 Å². The molecule has 1 aromatic heterocycles. The summed E-state index contributed by atoms with van der Waals surface area (Å²) in [5.41, 5.74) is 0.982. The van der Waals surface area contributed by atoms with Gasteiger partial charge in [0.25, 0.3) is 0 Å². The molecule has 1 heterocycles. The molecule has 25 heavy (non-hydrogen) atoms. The molecule has 0 aliphatic heterocycles. The highest BCUT2D eigenvalue weighted by Crippen LogP contribution is 2.21. The first-order valence-electron chi connectivity index (χ1n) is 7.95. The van der Waals surface area contributed by atoms with Crippen LogP contribution in [0.3, 0.4) is 0 Å². The molecule has 2 rings (SSSR count). The molecule has 0 saturated carbocycles. The summed E-state index contributed by atoms with van der Waals surface area (Å²) in [5.74, 6) is 0.0851. The van der Waals surface area contributed by atoms with Gasteiger partial charge in [-0.25, -0.2) is 9.07 Å². The zero-order valence-corrected chi connectivity index (χ0v) is 15.3. The third-order valence-corrected chi connectivity index (χ3v) is 3.69. The largest absolute Gasteiger partial charge is 0.482 e. The van der Waals surface area contributed by atoms with E-state index in [4.69, 9.17) is 21.1 Å². The Kier molecular flexibility index (Phi) is 6.56. The summed E-state index contributed by atoms with van der Waals surface area (Å²) in [6.07, 6.45) is 1.41. The van der Waals surface area contributed by atoms with E-state index in [0.717, 1.165) is 11.1 Å². The highest BCUT2D eigenvalue weighted by molar-refractivity contribution is 6.31. The number of halogens is 2. The highest BCUT2D eigenvalue weighted by atomic mass is 35.5. The normalized spacial score (nSPS) is 11.6. The maximum absolute atomic E-state index is 12.5. The zero-order chi connectivity index (χ0) is 18.4. The Bertz CT molecular complexity index is 754. The van der Waals surface area contributed by atoms with Crippen molar-refractivity contribution in [1.29, 1.82) is 0 Å². The van der Waals surface area contributed by atoms with E-state index in [1.807, 2.05) is 45.0 Å². The first-order valence-corrected chi connectivity index (χ1v) is 8.33. The summed E-state index contributed by atoms with van der Waals surface area (Å²) in [5, 5.41) is 4.25. The van der Waals surface area contributed by atoms with Gasteiger partial charge in [0.2, 0.25) is 5.75 Å². The second kappa shape index (κ2) is 8.45. The van der Waals surface area contributed by atoms with Gasteiger partial charge in [0, 0.05) is 0 Å². The lowest BCUT2D eigenvalue weighted by Crippen LogP contribution is -2.36. The predicted octanol–water partition coefficient (Wildman–Crippen LogP) is 3.72. The summed E-state index contributed by atoms with van der Waals surface area (Å²) in [6.45, 7) is 5.79. The lowest BCUT2D eigenvalue weighted by molar-refractivity contribution is 0.106. The topological polar surface area (TPSA) is 53.4 Å². The van der Waals surface area contributed by atoms with Gasteiger partial charge < -0.3 is 9.47 Å². The third kappa shape index (κ3) is 5.28. The van der Waals surface area contributed by atoms with Crippen molar-refractivity contribution >= 4 is 11.6 Å². The van der Waals surface area contributed by atoms with Gasteiger partial charge in [-0.1, -0.05) is 35.9 Å². The van der Waals surface area contributed by atoms with Gasteiger partial charge >= 0.3 is 5.56 Å². The van der Waals surface area contributed by atoms with Crippen molar-refractivity contribution in [1.82, 2.24) is 9.78 Å². The smallest absolute Gasteiger partial charge is 0.311 e. The van der Waals surface area contributed by atoms with Gasteiger partial charge in [-0.3, -0.25) is 4.79 Å². The summed E-state index contributed by atoms with van der Waals surface area (Å²) >= 11 is 6.07. The summed E-state index contributed by atoms with van der Waals surface area (Å²) < 4.78 is 24.1. The number of aromatic nitrogens is 2. The van der Waals surface area contributed by atoms with Gasteiger partial charge in [-0.05, 0) is 31.9 Å².